The van der Waals surface area contributed by atoms with Crippen molar-refractivity contribution in [3.63, 3.8) is 0 Å². The van der Waals surface area contributed by atoms with Crippen LogP contribution < -0.4 is 0 Å². The molecule has 0 amide bonds. The predicted molar refractivity (Wildman–Crippen MR) is 71.3 cm³/mol. The molecule has 1 fully saturated rings. The fourth-order valence-electron chi connectivity index (χ4n) is 2.01. The lowest BCUT2D eigenvalue weighted by Crippen LogP contribution is -2.03. The van der Waals surface area contributed by atoms with Gasteiger partial charge in [-0.15, -0.1) is 10.2 Å². The minimum atomic E-state index is -0.663. The molecule has 0 unspecified atom stereocenters. The molecule has 1 aromatic heterocycles. The van der Waals surface area contributed by atoms with Gasteiger partial charge in [0.05, 0.1) is 15.9 Å². The molecule has 0 bridgehead atoms. The van der Waals surface area contributed by atoms with E-state index >= 15 is 0 Å². The van der Waals surface area contributed by atoms with E-state index in [1.54, 1.807) is 0 Å². The van der Waals surface area contributed by atoms with Gasteiger partial charge in [0.1, 0.15) is 17.5 Å². The molecule has 1 aromatic carbocycles. The zero-order valence-corrected chi connectivity index (χ0v) is 12.0. The maximum absolute atomic E-state index is 13.9. The number of rotatable bonds is 3. The summed E-state index contributed by atoms with van der Waals surface area (Å²) >= 11 is 8.88. The van der Waals surface area contributed by atoms with Gasteiger partial charge in [-0.1, -0.05) is 27.5 Å². The molecule has 7 heteroatoms. The third-order valence-corrected chi connectivity index (χ3v) is 3.84. The van der Waals surface area contributed by atoms with Gasteiger partial charge in [-0.3, -0.25) is 0 Å². The summed E-state index contributed by atoms with van der Waals surface area (Å²) in [5.41, 5.74) is 0.0912. The van der Waals surface area contributed by atoms with Crippen LogP contribution in [-0.2, 0) is 5.33 Å². The van der Waals surface area contributed by atoms with Crippen LogP contribution >= 0.6 is 27.5 Å². The van der Waals surface area contributed by atoms with Gasteiger partial charge < -0.3 is 4.57 Å². The normalized spacial score (nSPS) is 14.9. The Bertz CT molecular complexity index is 640. The molecule has 19 heavy (non-hydrogen) atoms. The van der Waals surface area contributed by atoms with Gasteiger partial charge in [0.25, 0.3) is 0 Å². The molecule has 100 valence electrons. The summed E-state index contributed by atoms with van der Waals surface area (Å²) in [5.74, 6) is -0.192. The van der Waals surface area contributed by atoms with Crippen molar-refractivity contribution in [2.45, 2.75) is 24.2 Å². The Morgan fingerprint density at radius 1 is 1.26 bits per heavy atom. The van der Waals surface area contributed by atoms with E-state index in [0.29, 0.717) is 17.0 Å². The molecule has 3 nitrogen and oxygen atoms in total. The lowest BCUT2D eigenvalue weighted by atomic mass is 10.2. The van der Waals surface area contributed by atoms with E-state index in [4.69, 9.17) is 11.6 Å². The van der Waals surface area contributed by atoms with Gasteiger partial charge in [-0.2, -0.15) is 0 Å². The van der Waals surface area contributed by atoms with Crippen molar-refractivity contribution in [3.05, 3.63) is 34.6 Å². The Hall–Kier alpha value is -1.01. The highest BCUT2D eigenvalue weighted by atomic mass is 79.9. The molecule has 1 aliphatic rings. The van der Waals surface area contributed by atoms with Gasteiger partial charge in [-0.05, 0) is 25.0 Å². The molecule has 0 N–H and O–H groups in total. The first kappa shape index (κ1) is 13.0. The average Bonchev–Trinajstić information content (AvgIpc) is 3.13. The summed E-state index contributed by atoms with van der Waals surface area (Å²) in [6, 6.07) is 2.31. The van der Waals surface area contributed by atoms with Crippen molar-refractivity contribution in [1.29, 1.82) is 0 Å². The van der Waals surface area contributed by atoms with Crippen molar-refractivity contribution in [2.75, 3.05) is 0 Å². The minimum absolute atomic E-state index is 0.0912. The van der Waals surface area contributed by atoms with Crippen LogP contribution in [0.3, 0.4) is 0 Å². The molecule has 1 heterocycles. The first-order valence-electron chi connectivity index (χ1n) is 5.76. The van der Waals surface area contributed by atoms with Crippen LogP contribution in [-0.4, -0.2) is 14.8 Å². The molecular weight excluding hydrogens is 340 g/mol. The van der Waals surface area contributed by atoms with Crippen molar-refractivity contribution in [1.82, 2.24) is 14.8 Å². The lowest BCUT2D eigenvalue weighted by molar-refractivity contribution is 0.600. The summed E-state index contributed by atoms with van der Waals surface area (Å²) in [5, 5.41) is 8.28. The second kappa shape index (κ2) is 4.83. The Labute approximate surface area is 121 Å². The summed E-state index contributed by atoms with van der Waals surface area (Å²) in [4.78, 5) is 0. The molecule has 0 spiro atoms. The van der Waals surface area contributed by atoms with Gasteiger partial charge in [0.2, 0.25) is 0 Å². The van der Waals surface area contributed by atoms with Gasteiger partial charge in [-0.25, -0.2) is 8.78 Å². The van der Waals surface area contributed by atoms with Crippen LogP contribution in [0.25, 0.3) is 11.4 Å². The van der Waals surface area contributed by atoms with Gasteiger partial charge >= 0.3 is 0 Å². The number of hydrogen-bond donors (Lipinski definition) is 0. The number of halogens is 4. The largest absolute Gasteiger partial charge is 0.307 e. The van der Waals surface area contributed by atoms with Crippen molar-refractivity contribution in [2.24, 2.45) is 0 Å². The van der Waals surface area contributed by atoms with Crippen LogP contribution in [0.4, 0.5) is 8.78 Å². The fraction of sp³-hybridized carbons (Fsp3) is 0.333. The molecule has 1 aliphatic carbocycles. The lowest BCUT2D eigenvalue weighted by Gasteiger charge is -2.09. The second-order valence-electron chi connectivity index (χ2n) is 4.42. The SMILES string of the molecule is Fc1cc(-c2nnc(CBr)n2C2CC2)c(F)cc1Cl. The summed E-state index contributed by atoms with van der Waals surface area (Å²) < 4.78 is 29.3. The van der Waals surface area contributed by atoms with Crippen LogP contribution in [0.15, 0.2) is 12.1 Å². The van der Waals surface area contributed by atoms with E-state index in [-0.39, 0.29) is 16.6 Å². The van der Waals surface area contributed by atoms with E-state index in [2.05, 4.69) is 26.1 Å². The Morgan fingerprint density at radius 3 is 2.63 bits per heavy atom. The highest BCUT2D eigenvalue weighted by molar-refractivity contribution is 9.08. The smallest absolute Gasteiger partial charge is 0.167 e. The maximum Gasteiger partial charge on any atom is 0.167 e. The summed E-state index contributed by atoms with van der Waals surface area (Å²) in [6.07, 6.45) is 2.01. The molecule has 1 saturated carbocycles. The topological polar surface area (TPSA) is 30.7 Å². The molecular formula is C12H9BrClF2N3. The van der Waals surface area contributed by atoms with E-state index in [1.165, 1.54) is 0 Å². The monoisotopic (exact) mass is 347 g/mol. The van der Waals surface area contributed by atoms with Crippen molar-refractivity contribution >= 4 is 27.5 Å². The third kappa shape index (κ3) is 2.27. The maximum atomic E-state index is 13.9. The Balaban J connectivity index is 2.17. The van der Waals surface area contributed by atoms with Gasteiger partial charge in [0.15, 0.2) is 5.82 Å². The summed E-state index contributed by atoms with van der Waals surface area (Å²) in [6.45, 7) is 0. The zero-order chi connectivity index (χ0) is 13.6. The quantitative estimate of drug-likeness (QED) is 0.617. The molecule has 0 aliphatic heterocycles. The third-order valence-electron chi connectivity index (χ3n) is 3.05. The molecule has 3 rings (SSSR count). The molecule has 0 atom stereocenters. The second-order valence-corrected chi connectivity index (χ2v) is 5.39. The fourth-order valence-corrected chi connectivity index (χ4v) is 2.54. The first-order chi connectivity index (χ1) is 9.11. The number of benzene rings is 1. The van der Waals surface area contributed by atoms with Crippen molar-refractivity contribution in [3.8, 4) is 11.4 Å². The van der Waals surface area contributed by atoms with E-state index in [0.717, 1.165) is 25.0 Å². The molecule has 2 aromatic rings. The Kier molecular flexibility index (Phi) is 3.30. The number of hydrogen-bond acceptors (Lipinski definition) is 2. The van der Waals surface area contributed by atoms with Crippen LogP contribution in [0.5, 0.6) is 0 Å². The molecule has 0 radical (unpaired) electrons. The first-order valence-corrected chi connectivity index (χ1v) is 7.26. The molecule has 0 saturated heterocycles. The number of alkyl halides is 1. The highest BCUT2D eigenvalue weighted by Gasteiger charge is 2.30. The predicted octanol–water partition coefficient (Wildman–Crippen LogP) is 4.11. The van der Waals surface area contributed by atoms with E-state index in [1.807, 2.05) is 4.57 Å². The summed E-state index contributed by atoms with van der Waals surface area (Å²) in [7, 11) is 0. The van der Waals surface area contributed by atoms with Crippen LogP contribution in [0.2, 0.25) is 5.02 Å². The van der Waals surface area contributed by atoms with Crippen LogP contribution in [0.1, 0.15) is 24.7 Å². The van der Waals surface area contributed by atoms with Crippen LogP contribution in [0, 0.1) is 11.6 Å². The zero-order valence-electron chi connectivity index (χ0n) is 9.71. The highest BCUT2D eigenvalue weighted by Crippen LogP contribution is 2.40. The minimum Gasteiger partial charge on any atom is -0.307 e. The van der Waals surface area contributed by atoms with Gasteiger partial charge in [0, 0.05) is 6.04 Å². The average molecular weight is 349 g/mol. The number of nitrogens with zero attached hydrogens (tertiary/aromatic N) is 3. The Morgan fingerprint density at radius 2 is 2.00 bits per heavy atom. The van der Waals surface area contributed by atoms with Crippen molar-refractivity contribution < 1.29 is 8.78 Å². The standard InChI is InChI=1S/C12H9BrClF2N3/c13-5-11-17-18-12(19(11)6-1-2-6)7-3-10(16)8(14)4-9(7)15/h3-4,6H,1-2,5H2. The number of aromatic nitrogens is 3. The van der Waals surface area contributed by atoms with E-state index in [9.17, 15) is 8.78 Å². The van der Waals surface area contributed by atoms with E-state index < -0.39 is 11.6 Å².